The summed E-state index contributed by atoms with van der Waals surface area (Å²) in [5.74, 6) is -0.168. The van der Waals surface area contributed by atoms with Crippen LogP contribution in [0.1, 0.15) is 16.1 Å². The van der Waals surface area contributed by atoms with Crippen LogP contribution >= 0.6 is 0 Å². The molecule has 0 aliphatic heterocycles. The summed E-state index contributed by atoms with van der Waals surface area (Å²) < 4.78 is 8.87. The van der Waals surface area contributed by atoms with E-state index in [1.165, 1.54) is 0 Å². The summed E-state index contributed by atoms with van der Waals surface area (Å²) >= 11 is 0. The number of aliphatic hydroxyl groups excluding tert-OH is 1. The molecule has 1 amide bonds. The van der Waals surface area contributed by atoms with Gasteiger partial charge >= 0.3 is 0 Å². The largest absolute Gasteiger partial charge is 0.395 e. The number of carbonyl (C=O) groups excluding carboxylic acids is 1. The van der Waals surface area contributed by atoms with Crippen molar-refractivity contribution in [2.75, 3.05) is 20.3 Å². The average Bonchev–Trinajstić information content (AvgIpc) is 3.24. The zero-order valence-corrected chi connectivity index (χ0v) is 14.1. The van der Waals surface area contributed by atoms with Crippen LogP contribution in [0.25, 0.3) is 11.0 Å². The van der Waals surface area contributed by atoms with Crippen molar-refractivity contribution in [1.82, 2.24) is 24.4 Å². The molecule has 2 aromatic heterocycles. The van der Waals surface area contributed by atoms with Crippen LogP contribution in [0.5, 0.6) is 0 Å². The SMILES string of the molecule is COCCn1cncc1CNC(=O)c1ccc2c(c1)ncn2CCO. The Morgan fingerprint density at radius 2 is 2.16 bits per heavy atom. The van der Waals surface area contributed by atoms with Crippen molar-refractivity contribution in [2.45, 2.75) is 19.6 Å². The summed E-state index contributed by atoms with van der Waals surface area (Å²) in [5.41, 5.74) is 3.08. The van der Waals surface area contributed by atoms with Crippen molar-refractivity contribution in [3.05, 3.63) is 48.3 Å². The molecule has 0 aliphatic rings. The monoisotopic (exact) mass is 343 g/mol. The van der Waals surface area contributed by atoms with Gasteiger partial charge in [0.1, 0.15) is 0 Å². The maximum atomic E-state index is 12.4. The summed E-state index contributed by atoms with van der Waals surface area (Å²) in [6, 6.07) is 5.35. The Morgan fingerprint density at radius 1 is 1.28 bits per heavy atom. The molecule has 0 radical (unpaired) electrons. The third kappa shape index (κ3) is 3.86. The number of carbonyl (C=O) groups is 1. The molecule has 8 nitrogen and oxygen atoms in total. The van der Waals surface area contributed by atoms with E-state index in [1.807, 2.05) is 15.2 Å². The molecule has 8 heteroatoms. The molecule has 1 aromatic carbocycles. The maximum Gasteiger partial charge on any atom is 0.251 e. The van der Waals surface area contributed by atoms with Gasteiger partial charge in [-0.25, -0.2) is 9.97 Å². The van der Waals surface area contributed by atoms with Gasteiger partial charge in [-0.3, -0.25) is 4.79 Å². The first-order chi connectivity index (χ1) is 12.2. The van der Waals surface area contributed by atoms with Gasteiger partial charge in [0.2, 0.25) is 0 Å². The van der Waals surface area contributed by atoms with Gasteiger partial charge < -0.3 is 24.3 Å². The second kappa shape index (κ2) is 7.91. The first-order valence-corrected chi connectivity index (χ1v) is 8.05. The third-order valence-electron chi connectivity index (χ3n) is 3.99. The van der Waals surface area contributed by atoms with Crippen LogP contribution in [0, 0.1) is 0 Å². The molecule has 0 unspecified atom stereocenters. The van der Waals surface area contributed by atoms with E-state index < -0.39 is 0 Å². The highest BCUT2D eigenvalue weighted by Crippen LogP contribution is 2.15. The second-order valence-electron chi connectivity index (χ2n) is 5.62. The Balaban J connectivity index is 1.67. The minimum absolute atomic E-state index is 0.0461. The predicted molar refractivity (Wildman–Crippen MR) is 92.1 cm³/mol. The van der Waals surface area contributed by atoms with Crippen LogP contribution in [0.4, 0.5) is 0 Å². The van der Waals surface area contributed by atoms with Gasteiger partial charge in [0.05, 0.1) is 49.1 Å². The van der Waals surface area contributed by atoms with E-state index in [9.17, 15) is 4.79 Å². The van der Waals surface area contributed by atoms with Gasteiger partial charge in [-0.15, -0.1) is 0 Å². The molecule has 0 saturated heterocycles. The summed E-state index contributed by atoms with van der Waals surface area (Å²) in [7, 11) is 1.65. The second-order valence-corrected chi connectivity index (χ2v) is 5.62. The lowest BCUT2D eigenvalue weighted by Crippen LogP contribution is -2.24. The van der Waals surface area contributed by atoms with Crippen molar-refractivity contribution >= 4 is 16.9 Å². The number of nitrogens with zero attached hydrogens (tertiary/aromatic N) is 4. The molecular formula is C17H21N5O3. The van der Waals surface area contributed by atoms with Crippen molar-refractivity contribution in [3.8, 4) is 0 Å². The first-order valence-electron chi connectivity index (χ1n) is 8.05. The van der Waals surface area contributed by atoms with E-state index in [1.54, 1.807) is 38.1 Å². The van der Waals surface area contributed by atoms with Crippen LogP contribution in [-0.2, 0) is 24.4 Å². The number of rotatable bonds is 8. The van der Waals surface area contributed by atoms with E-state index in [0.29, 0.717) is 31.8 Å². The number of imidazole rings is 2. The highest BCUT2D eigenvalue weighted by molar-refractivity contribution is 5.97. The zero-order valence-electron chi connectivity index (χ0n) is 14.1. The molecule has 0 aliphatic carbocycles. The number of hydrogen-bond acceptors (Lipinski definition) is 5. The number of aromatic nitrogens is 4. The quantitative estimate of drug-likeness (QED) is 0.631. The number of nitrogens with one attached hydrogen (secondary N) is 1. The molecule has 0 atom stereocenters. The normalized spacial score (nSPS) is 11.1. The molecule has 0 fully saturated rings. The minimum Gasteiger partial charge on any atom is -0.395 e. The summed E-state index contributed by atoms with van der Waals surface area (Å²) in [6.07, 6.45) is 5.12. The number of amides is 1. The number of fused-ring (bicyclic) bond motifs is 1. The highest BCUT2D eigenvalue weighted by atomic mass is 16.5. The Kier molecular flexibility index (Phi) is 5.42. The van der Waals surface area contributed by atoms with Gasteiger partial charge in [-0.1, -0.05) is 0 Å². The van der Waals surface area contributed by atoms with E-state index in [2.05, 4.69) is 15.3 Å². The summed E-state index contributed by atoms with van der Waals surface area (Å²) in [4.78, 5) is 20.8. The van der Waals surface area contributed by atoms with Crippen molar-refractivity contribution in [1.29, 1.82) is 0 Å². The molecule has 2 N–H and O–H groups in total. The Labute approximate surface area is 145 Å². The van der Waals surface area contributed by atoms with Crippen LogP contribution in [0.3, 0.4) is 0 Å². The maximum absolute atomic E-state index is 12.4. The van der Waals surface area contributed by atoms with Gasteiger partial charge in [0.15, 0.2) is 0 Å². The molecular weight excluding hydrogens is 322 g/mol. The average molecular weight is 343 g/mol. The molecule has 0 spiro atoms. The lowest BCUT2D eigenvalue weighted by molar-refractivity contribution is 0.0950. The molecule has 2 heterocycles. The van der Waals surface area contributed by atoms with Crippen LogP contribution in [0.2, 0.25) is 0 Å². The molecule has 3 aromatic rings. The number of benzene rings is 1. The van der Waals surface area contributed by atoms with E-state index in [-0.39, 0.29) is 12.5 Å². The summed E-state index contributed by atoms with van der Waals surface area (Å²) in [5, 5.41) is 11.9. The van der Waals surface area contributed by atoms with Gasteiger partial charge in [0, 0.05) is 32.0 Å². The van der Waals surface area contributed by atoms with Gasteiger partial charge in [0.25, 0.3) is 5.91 Å². The lowest BCUT2D eigenvalue weighted by atomic mass is 10.2. The summed E-state index contributed by atoms with van der Waals surface area (Å²) in [6.45, 7) is 2.19. The Hall–Kier alpha value is -2.71. The van der Waals surface area contributed by atoms with Gasteiger partial charge in [-0.05, 0) is 18.2 Å². The molecule has 3 rings (SSSR count). The van der Waals surface area contributed by atoms with Gasteiger partial charge in [-0.2, -0.15) is 0 Å². The molecule has 0 saturated carbocycles. The first kappa shape index (κ1) is 17.1. The van der Waals surface area contributed by atoms with Crippen LogP contribution in [0.15, 0.2) is 37.1 Å². The van der Waals surface area contributed by atoms with Crippen LogP contribution in [-0.4, -0.2) is 50.4 Å². The number of ether oxygens (including phenoxy) is 1. The Bertz CT molecular complexity index is 855. The predicted octanol–water partition coefficient (Wildman–Crippen LogP) is 0.802. The fourth-order valence-electron chi connectivity index (χ4n) is 2.65. The smallest absolute Gasteiger partial charge is 0.251 e. The number of methoxy groups -OCH3 is 1. The molecule has 25 heavy (non-hydrogen) atoms. The zero-order chi connectivity index (χ0) is 17.6. The van der Waals surface area contributed by atoms with E-state index in [0.717, 1.165) is 16.7 Å². The lowest BCUT2D eigenvalue weighted by Gasteiger charge is -2.09. The fourth-order valence-corrected chi connectivity index (χ4v) is 2.65. The standard InChI is InChI=1S/C17H21N5O3/c1-25-7-5-21-11-18-9-14(21)10-19-17(24)13-2-3-16-15(8-13)20-12-22(16)4-6-23/h2-3,8-9,11-12,23H,4-7,10H2,1H3,(H,19,24). The molecule has 132 valence electrons. The van der Waals surface area contributed by atoms with Crippen LogP contribution < -0.4 is 5.32 Å². The number of aliphatic hydroxyl groups is 1. The topological polar surface area (TPSA) is 94.2 Å². The van der Waals surface area contributed by atoms with Crippen molar-refractivity contribution < 1.29 is 14.6 Å². The highest BCUT2D eigenvalue weighted by Gasteiger charge is 2.10. The fraction of sp³-hybridized carbons (Fsp3) is 0.353. The van der Waals surface area contributed by atoms with Crippen molar-refractivity contribution in [3.63, 3.8) is 0 Å². The Morgan fingerprint density at radius 3 is 2.96 bits per heavy atom. The van der Waals surface area contributed by atoms with E-state index in [4.69, 9.17) is 9.84 Å². The minimum atomic E-state index is -0.168. The third-order valence-corrected chi connectivity index (χ3v) is 3.99. The number of hydrogen-bond donors (Lipinski definition) is 2. The molecule has 0 bridgehead atoms. The van der Waals surface area contributed by atoms with Crippen molar-refractivity contribution in [2.24, 2.45) is 0 Å². The van der Waals surface area contributed by atoms with E-state index >= 15 is 0 Å².